The quantitative estimate of drug-likeness (QED) is 0.112. The maximum Gasteiger partial charge on any atom is 0.247 e. The van der Waals surface area contributed by atoms with Crippen LogP contribution < -0.4 is 20.3 Å². The van der Waals surface area contributed by atoms with Crippen molar-refractivity contribution < 1.29 is 14.3 Å². The molecule has 2 N–H and O–H groups in total. The van der Waals surface area contributed by atoms with Crippen molar-refractivity contribution in [1.82, 2.24) is 19.4 Å². The van der Waals surface area contributed by atoms with Crippen LogP contribution in [0.15, 0.2) is 43.1 Å². The summed E-state index contributed by atoms with van der Waals surface area (Å²) >= 11 is 0. The fourth-order valence-electron chi connectivity index (χ4n) is 5.09. The number of fused-ring (bicyclic) bond motifs is 1. The Bertz CT molecular complexity index is 1490. The lowest BCUT2D eigenvalue weighted by molar-refractivity contribution is -0.111. The first kappa shape index (κ1) is 33.2. The number of methoxy groups -OCH3 is 1. The van der Waals surface area contributed by atoms with Crippen LogP contribution in [0, 0.1) is 0 Å². The third-order valence-electron chi connectivity index (χ3n) is 7.74. The molecule has 0 fully saturated rings. The Labute approximate surface area is 263 Å². The molecule has 0 saturated carbocycles. The fraction of sp³-hybridized carbons (Fsp3) is 0.485. The predicted octanol–water partition coefficient (Wildman–Crippen LogP) is 6.58. The van der Waals surface area contributed by atoms with Gasteiger partial charge in [-0.2, -0.15) is 4.98 Å². The third-order valence-corrected chi connectivity index (χ3v) is 9.45. The van der Waals surface area contributed by atoms with E-state index in [-0.39, 0.29) is 5.91 Å². The number of anilines is 4. The molecule has 0 aliphatic heterocycles. The molecule has 2 aromatic heterocycles. The molecule has 0 saturated heterocycles. The molecular formula is C33H49N7O3Si. The van der Waals surface area contributed by atoms with Gasteiger partial charge in [0.1, 0.15) is 18.1 Å². The van der Waals surface area contributed by atoms with E-state index in [0.717, 1.165) is 67.4 Å². The van der Waals surface area contributed by atoms with Gasteiger partial charge in [-0.05, 0) is 69.6 Å². The van der Waals surface area contributed by atoms with Crippen molar-refractivity contribution in [2.45, 2.75) is 58.1 Å². The number of hydrogen-bond donors (Lipinski definition) is 2. The molecule has 10 nitrogen and oxygen atoms in total. The zero-order chi connectivity index (χ0) is 31.9. The minimum Gasteiger partial charge on any atom is -0.494 e. The molecule has 0 spiro atoms. The van der Waals surface area contributed by atoms with Crippen molar-refractivity contribution in [3.63, 3.8) is 0 Å². The predicted molar refractivity (Wildman–Crippen MR) is 185 cm³/mol. The van der Waals surface area contributed by atoms with Gasteiger partial charge in [-0.15, -0.1) is 0 Å². The minimum absolute atomic E-state index is 0.292. The number of nitrogens with one attached hydrogen (secondary N) is 2. The first-order valence-electron chi connectivity index (χ1n) is 15.4. The van der Waals surface area contributed by atoms with Gasteiger partial charge in [-0.1, -0.05) is 32.3 Å². The molecule has 1 aliphatic rings. The second kappa shape index (κ2) is 14.9. The lowest BCUT2D eigenvalue weighted by Gasteiger charge is -2.26. The Morgan fingerprint density at radius 3 is 2.59 bits per heavy atom. The van der Waals surface area contributed by atoms with Crippen LogP contribution in [0.3, 0.4) is 0 Å². The molecule has 1 aliphatic carbocycles. The third kappa shape index (κ3) is 8.70. The van der Waals surface area contributed by atoms with Crippen LogP contribution in [0.4, 0.5) is 23.0 Å². The zero-order valence-corrected chi connectivity index (χ0v) is 28.5. The van der Waals surface area contributed by atoms with Gasteiger partial charge in [0.15, 0.2) is 0 Å². The van der Waals surface area contributed by atoms with E-state index >= 15 is 0 Å². The van der Waals surface area contributed by atoms with E-state index in [4.69, 9.17) is 19.4 Å². The van der Waals surface area contributed by atoms with E-state index in [9.17, 15) is 4.79 Å². The number of ether oxygens (including phenoxy) is 2. The molecule has 238 valence electrons. The summed E-state index contributed by atoms with van der Waals surface area (Å²) in [5.74, 6) is 0.772. The van der Waals surface area contributed by atoms with Gasteiger partial charge in [-0.3, -0.25) is 4.79 Å². The van der Waals surface area contributed by atoms with Crippen molar-refractivity contribution in [2.24, 2.45) is 0 Å². The van der Waals surface area contributed by atoms with Gasteiger partial charge in [0.2, 0.25) is 11.9 Å². The fourth-order valence-corrected chi connectivity index (χ4v) is 5.85. The molecule has 1 amide bonds. The average molecular weight is 620 g/mol. The van der Waals surface area contributed by atoms with Gasteiger partial charge in [0.05, 0.1) is 29.9 Å². The molecule has 0 radical (unpaired) electrons. The Kier molecular flexibility index (Phi) is 11.2. The highest BCUT2D eigenvalue weighted by molar-refractivity contribution is 6.76. The SMILES string of the molecule is C=CC(=O)Nc1cc(Nc2nc(C3=CCCCC3)c3ccn(COCC[Si](C)(C)C)c3n2)c(OC)cc1N(C)CCN(C)C. The number of likely N-dealkylation sites (N-methyl/N-ethyl adjacent to an activating group) is 2. The standard InChI is InChI=1S/C33H49N7O3Si/c1-9-30(41)34-26-21-27(29(42-5)22-28(26)39(4)18-17-38(2)3)35-33-36-31(24-13-11-10-12-14-24)25-15-16-40(32(25)37-33)23-43-19-20-44(6,7)8/h9,13,15-16,21-22H,1,10-12,14,17-20,23H2,2-8H3,(H,34,41)(H,35,36,37). The Morgan fingerprint density at radius 2 is 1.93 bits per heavy atom. The molecule has 1 aromatic carbocycles. The van der Waals surface area contributed by atoms with Gasteiger partial charge in [0.25, 0.3) is 0 Å². The van der Waals surface area contributed by atoms with Crippen LogP contribution >= 0.6 is 0 Å². The summed E-state index contributed by atoms with van der Waals surface area (Å²) in [7, 11) is 6.51. The summed E-state index contributed by atoms with van der Waals surface area (Å²) in [6.07, 6.45) is 9.98. The van der Waals surface area contributed by atoms with Crippen molar-refractivity contribution in [2.75, 3.05) is 63.5 Å². The van der Waals surface area contributed by atoms with Crippen LogP contribution in [0.1, 0.15) is 31.4 Å². The number of carbonyl (C=O) groups is 1. The lowest BCUT2D eigenvalue weighted by atomic mass is 9.96. The maximum absolute atomic E-state index is 12.4. The largest absolute Gasteiger partial charge is 0.494 e. The summed E-state index contributed by atoms with van der Waals surface area (Å²) in [4.78, 5) is 26.6. The molecule has 0 atom stereocenters. The first-order valence-corrected chi connectivity index (χ1v) is 19.1. The van der Waals surface area contributed by atoms with E-state index in [2.05, 4.69) is 63.4 Å². The summed E-state index contributed by atoms with van der Waals surface area (Å²) < 4.78 is 14.0. The van der Waals surface area contributed by atoms with Gasteiger partial charge < -0.3 is 34.5 Å². The van der Waals surface area contributed by atoms with E-state index in [0.29, 0.717) is 29.8 Å². The second-order valence-corrected chi connectivity index (χ2v) is 18.5. The second-order valence-electron chi connectivity index (χ2n) is 12.9. The summed E-state index contributed by atoms with van der Waals surface area (Å²) in [5, 5.41) is 7.40. The number of nitrogens with zero attached hydrogens (tertiary/aromatic N) is 5. The maximum atomic E-state index is 12.4. The van der Waals surface area contributed by atoms with Crippen LogP contribution in [0.25, 0.3) is 16.6 Å². The van der Waals surface area contributed by atoms with Crippen LogP contribution in [-0.2, 0) is 16.3 Å². The normalized spacial score (nSPS) is 13.6. The average Bonchev–Trinajstić information content (AvgIpc) is 3.40. The monoisotopic (exact) mass is 619 g/mol. The van der Waals surface area contributed by atoms with Crippen molar-refractivity contribution in [1.29, 1.82) is 0 Å². The molecular weight excluding hydrogens is 570 g/mol. The summed E-state index contributed by atoms with van der Waals surface area (Å²) in [6.45, 7) is 13.5. The van der Waals surface area contributed by atoms with Crippen LogP contribution in [-0.4, -0.2) is 81.4 Å². The van der Waals surface area contributed by atoms with E-state index in [1.165, 1.54) is 18.1 Å². The van der Waals surface area contributed by atoms with Gasteiger partial charge in [0, 0.05) is 52.5 Å². The first-order chi connectivity index (χ1) is 21.0. The number of hydrogen-bond acceptors (Lipinski definition) is 8. The summed E-state index contributed by atoms with van der Waals surface area (Å²) in [5.41, 5.74) is 5.11. The Balaban J connectivity index is 1.74. The highest BCUT2D eigenvalue weighted by Gasteiger charge is 2.20. The van der Waals surface area contributed by atoms with Crippen molar-refractivity contribution in [3.8, 4) is 5.75 Å². The number of rotatable bonds is 15. The van der Waals surface area contributed by atoms with Crippen LogP contribution in [0.5, 0.6) is 5.75 Å². The van der Waals surface area contributed by atoms with E-state index in [1.54, 1.807) is 7.11 Å². The number of allylic oxidation sites excluding steroid dienone is 2. The zero-order valence-electron chi connectivity index (χ0n) is 27.5. The van der Waals surface area contributed by atoms with Gasteiger partial charge in [-0.25, -0.2) is 4.98 Å². The molecule has 0 unspecified atom stereocenters. The molecule has 11 heteroatoms. The smallest absolute Gasteiger partial charge is 0.247 e. The number of amides is 1. The van der Waals surface area contributed by atoms with Crippen LogP contribution in [0.2, 0.25) is 25.7 Å². The lowest BCUT2D eigenvalue weighted by Crippen LogP contribution is -2.29. The number of carbonyl (C=O) groups excluding carboxylic acids is 1. The molecule has 44 heavy (non-hydrogen) atoms. The molecule has 2 heterocycles. The molecule has 0 bridgehead atoms. The number of benzene rings is 1. The Morgan fingerprint density at radius 1 is 1.14 bits per heavy atom. The highest BCUT2D eigenvalue weighted by Crippen LogP contribution is 2.39. The van der Waals surface area contributed by atoms with E-state index in [1.807, 2.05) is 39.5 Å². The van der Waals surface area contributed by atoms with E-state index < -0.39 is 8.07 Å². The number of aromatic nitrogens is 3. The summed E-state index contributed by atoms with van der Waals surface area (Å²) in [6, 6.07) is 6.99. The molecule has 4 rings (SSSR count). The topological polar surface area (TPSA) is 96.8 Å². The van der Waals surface area contributed by atoms with Crippen molar-refractivity contribution in [3.05, 3.63) is 48.8 Å². The van der Waals surface area contributed by atoms with Crippen molar-refractivity contribution >= 4 is 53.6 Å². The Hall–Kier alpha value is -3.67. The molecule has 3 aromatic rings. The highest BCUT2D eigenvalue weighted by atomic mass is 28.3. The minimum atomic E-state index is -1.19. The van der Waals surface area contributed by atoms with Gasteiger partial charge >= 0.3 is 0 Å².